The van der Waals surface area contributed by atoms with Gasteiger partial charge in [0, 0.05) is 19.5 Å². The van der Waals surface area contributed by atoms with Crippen LogP contribution in [0, 0.1) is 11.3 Å². The number of nitrogens with one attached hydrogen (secondary N) is 1. The number of rotatable bonds is 5. The summed E-state index contributed by atoms with van der Waals surface area (Å²) in [6, 6.07) is 0. The normalized spacial score (nSPS) is 17.8. The standard InChI is InChI=1S/C13H26N2O/c1-11(2)16-10-9-15(3)13(14)12-7-5-4-6-8-12/h11-12,14H,4-10H2,1-3H3. The Hall–Kier alpha value is -0.570. The molecule has 0 bridgehead atoms. The van der Waals surface area contributed by atoms with Gasteiger partial charge in [-0.3, -0.25) is 5.41 Å². The first-order valence-corrected chi connectivity index (χ1v) is 6.52. The van der Waals surface area contributed by atoms with Gasteiger partial charge < -0.3 is 9.64 Å². The maximum absolute atomic E-state index is 8.15. The molecule has 0 aromatic carbocycles. The van der Waals surface area contributed by atoms with E-state index in [4.69, 9.17) is 10.1 Å². The zero-order chi connectivity index (χ0) is 12.0. The van der Waals surface area contributed by atoms with Crippen LogP contribution in [0.15, 0.2) is 0 Å². The highest BCUT2D eigenvalue weighted by Gasteiger charge is 2.20. The molecular formula is C13H26N2O. The van der Waals surface area contributed by atoms with Crippen LogP contribution < -0.4 is 0 Å². The van der Waals surface area contributed by atoms with Gasteiger partial charge in [0.15, 0.2) is 0 Å². The molecule has 0 amide bonds. The van der Waals surface area contributed by atoms with Crippen LogP contribution in [-0.4, -0.2) is 37.0 Å². The van der Waals surface area contributed by atoms with Crippen molar-refractivity contribution in [3.8, 4) is 0 Å². The van der Waals surface area contributed by atoms with E-state index in [9.17, 15) is 0 Å². The number of ether oxygens (including phenoxy) is 1. The average Bonchev–Trinajstić information content (AvgIpc) is 2.28. The quantitative estimate of drug-likeness (QED) is 0.578. The second-order valence-corrected chi connectivity index (χ2v) is 5.06. The molecule has 1 N–H and O–H groups in total. The lowest BCUT2D eigenvalue weighted by molar-refractivity contribution is 0.0717. The van der Waals surface area contributed by atoms with Crippen LogP contribution in [0.4, 0.5) is 0 Å². The summed E-state index contributed by atoms with van der Waals surface area (Å²) in [6.45, 7) is 5.66. The fourth-order valence-electron chi connectivity index (χ4n) is 2.23. The minimum absolute atomic E-state index is 0.289. The molecule has 0 aliphatic heterocycles. The van der Waals surface area contributed by atoms with E-state index >= 15 is 0 Å². The molecule has 1 saturated carbocycles. The van der Waals surface area contributed by atoms with Crippen LogP contribution in [0.1, 0.15) is 46.0 Å². The topological polar surface area (TPSA) is 36.3 Å². The molecule has 0 saturated heterocycles. The van der Waals surface area contributed by atoms with E-state index in [0.717, 1.165) is 19.0 Å². The first kappa shape index (κ1) is 13.5. The fourth-order valence-corrected chi connectivity index (χ4v) is 2.23. The second kappa shape index (κ2) is 6.89. The van der Waals surface area contributed by atoms with Gasteiger partial charge in [-0.25, -0.2) is 0 Å². The van der Waals surface area contributed by atoms with Crippen molar-refractivity contribution in [2.75, 3.05) is 20.2 Å². The van der Waals surface area contributed by atoms with Gasteiger partial charge in [-0.2, -0.15) is 0 Å². The van der Waals surface area contributed by atoms with Crippen LogP contribution in [0.3, 0.4) is 0 Å². The van der Waals surface area contributed by atoms with E-state index in [1.54, 1.807) is 0 Å². The molecule has 1 aliphatic rings. The predicted molar refractivity (Wildman–Crippen MR) is 68.0 cm³/mol. The lowest BCUT2D eigenvalue weighted by atomic mass is 9.88. The maximum atomic E-state index is 8.15. The monoisotopic (exact) mass is 226 g/mol. The summed E-state index contributed by atoms with van der Waals surface area (Å²) < 4.78 is 5.51. The van der Waals surface area contributed by atoms with Crippen LogP contribution in [0.2, 0.25) is 0 Å². The fraction of sp³-hybridized carbons (Fsp3) is 0.923. The van der Waals surface area contributed by atoms with E-state index in [1.165, 1.54) is 32.1 Å². The molecule has 16 heavy (non-hydrogen) atoms. The highest BCUT2D eigenvalue weighted by molar-refractivity contribution is 5.81. The highest BCUT2D eigenvalue weighted by Crippen LogP contribution is 2.25. The summed E-state index contributed by atoms with van der Waals surface area (Å²) >= 11 is 0. The van der Waals surface area contributed by atoms with E-state index < -0.39 is 0 Å². The van der Waals surface area contributed by atoms with Crippen LogP contribution in [0.25, 0.3) is 0 Å². The summed E-state index contributed by atoms with van der Waals surface area (Å²) in [5, 5.41) is 8.15. The zero-order valence-corrected chi connectivity index (χ0v) is 11.0. The Morgan fingerprint density at radius 2 is 1.94 bits per heavy atom. The number of hydrogen-bond acceptors (Lipinski definition) is 2. The van der Waals surface area contributed by atoms with Gasteiger partial charge in [-0.15, -0.1) is 0 Å². The third kappa shape index (κ3) is 4.52. The minimum atomic E-state index is 0.289. The van der Waals surface area contributed by atoms with E-state index in [-0.39, 0.29) is 6.10 Å². The van der Waals surface area contributed by atoms with Crippen molar-refractivity contribution in [2.24, 2.45) is 5.92 Å². The lowest BCUT2D eigenvalue weighted by Gasteiger charge is -2.29. The van der Waals surface area contributed by atoms with Gasteiger partial charge in [0.25, 0.3) is 0 Å². The van der Waals surface area contributed by atoms with Crippen molar-refractivity contribution in [3.63, 3.8) is 0 Å². The Morgan fingerprint density at radius 3 is 2.50 bits per heavy atom. The number of amidine groups is 1. The zero-order valence-electron chi connectivity index (χ0n) is 11.0. The Bertz CT molecular complexity index is 210. The molecule has 1 aliphatic carbocycles. The SMILES string of the molecule is CC(C)OCCN(C)C(=N)C1CCCCC1. The maximum Gasteiger partial charge on any atom is 0.0987 e. The summed E-state index contributed by atoms with van der Waals surface area (Å²) in [5.41, 5.74) is 0. The molecular weight excluding hydrogens is 200 g/mol. The first-order valence-electron chi connectivity index (χ1n) is 6.52. The molecule has 0 spiro atoms. The summed E-state index contributed by atoms with van der Waals surface area (Å²) in [6.07, 6.45) is 6.64. The smallest absolute Gasteiger partial charge is 0.0987 e. The summed E-state index contributed by atoms with van der Waals surface area (Å²) in [4.78, 5) is 2.05. The van der Waals surface area contributed by atoms with Crippen molar-refractivity contribution in [3.05, 3.63) is 0 Å². The van der Waals surface area contributed by atoms with Crippen molar-refractivity contribution in [1.29, 1.82) is 5.41 Å². The third-order valence-electron chi connectivity index (χ3n) is 3.28. The predicted octanol–water partition coefficient (Wildman–Crippen LogP) is 2.90. The van der Waals surface area contributed by atoms with Crippen molar-refractivity contribution >= 4 is 5.84 Å². The van der Waals surface area contributed by atoms with Crippen molar-refractivity contribution < 1.29 is 4.74 Å². The molecule has 1 rings (SSSR count). The Labute approximate surface area is 99.7 Å². The van der Waals surface area contributed by atoms with Gasteiger partial charge in [0.1, 0.15) is 0 Å². The van der Waals surface area contributed by atoms with Gasteiger partial charge >= 0.3 is 0 Å². The van der Waals surface area contributed by atoms with E-state index in [2.05, 4.69) is 4.90 Å². The van der Waals surface area contributed by atoms with Crippen molar-refractivity contribution in [2.45, 2.75) is 52.1 Å². The first-order chi connectivity index (χ1) is 7.61. The molecule has 1 fully saturated rings. The lowest BCUT2D eigenvalue weighted by Crippen LogP contribution is -2.35. The molecule has 3 heteroatoms. The molecule has 3 nitrogen and oxygen atoms in total. The molecule has 0 heterocycles. The largest absolute Gasteiger partial charge is 0.377 e. The molecule has 0 radical (unpaired) electrons. The summed E-state index contributed by atoms with van der Waals surface area (Å²) in [5.74, 6) is 1.31. The summed E-state index contributed by atoms with van der Waals surface area (Å²) in [7, 11) is 2.01. The Morgan fingerprint density at radius 1 is 1.31 bits per heavy atom. The van der Waals surface area contributed by atoms with Crippen LogP contribution in [0.5, 0.6) is 0 Å². The molecule has 0 aromatic rings. The Kier molecular flexibility index (Phi) is 5.81. The molecule has 94 valence electrons. The van der Waals surface area contributed by atoms with Gasteiger partial charge in [0.2, 0.25) is 0 Å². The van der Waals surface area contributed by atoms with Gasteiger partial charge in [0.05, 0.1) is 18.5 Å². The van der Waals surface area contributed by atoms with Gasteiger partial charge in [-0.05, 0) is 26.7 Å². The van der Waals surface area contributed by atoms with E-state index in [0.29, 0.717) is 5.92 Å². The molecule has 0 aromatic heterocycles. The number of likely N-dealkylation sites (N-methyl/N-ethyl adjacent to an activating group) is 1. The third-order valence-corrected chi connectivity index (χ3v) is 3.28. The Balaban J connectivity index is 2.23. The van der Waals surface area contributed by atoms with Crippen LogP contribution in [-0.2, 0) is 4.74 Å². The average molecular weight is 226 g/mol. The molecule has 0 unspecified atom stereocenters. The van der Waals surface area contributed by atoms with Crippen molar-refractivity contribution in [1.82, 2.24) is 4.90 Å². The minimum Gasteiger partial charge on any atom is -0.377 e. The second-order valence-electron chi connectivity index (χ2n) is 5.06. The van der Waals surface area contributed by atoms with Crippen LogP contribution >= 0.6 is 0 Å². The number of nitrogens with zero attached hydrogens (tertiary/aromatic N) is 1. The molecule has 0 atom stereocenters. The number of hydrogen-bond donors (Lipinski definition) is 1. The highest BCUT2D eigenvalue weighted by atomic mass is 16.5. The van der Waals surface area contributed by atoms with E-state index in [1.807, 2.05) is 20.9 Å². The van der Waals surface area contributed by atoms with Gasteiger partial charge in [-0.1, -0.05) is 19.3 Å².